The molecular weight excluding hydrogens is 555 g/mol. The van der Waals surface area contributed by atoms with Gasteiger partial charge in [-0.2, -0.15) is 5.26 Å². The Kier molecular flexibility index (Phi) is 8.18. The number of nitrogens with zero attached hydrogens (tertiary/aromatic N) is 4. The number of amides is 2. The first-order valence-corrected chi connectivity index (χ1v) is 13.7. The van der Waals surface area contributed by atoms with E-state index in [-0.39, 0.29) is 16.3 Å². The van der Waals surface area contributed by atoms with E-state index in [1.54, 1.807) is 41.3 Å². The predicted octanol–water partition coefficient (Wildman–Crippen LogP) is 5.79. The van der Waals surface area contributed by atoms with Crippen LogP contribution in [0.5, 0.6) is 0 Å². The van der Waals surface area contributed by atoms with Gasteiger partial charge in [-0.1, -0.05) is 35.9 Å². The summed E-state index contributed by atoms with van der Waals surface area (Å²) in [6, 6.07) is 14.0. The van der Waals surface area contributed by atoms with Crippen molar-refractivity contribution in [3.8, 4) is 6.07 Å². The lowest BCUT2D eigenvalue weighted by Gasteiger charge is -2.42. The first kappa shape index (κ1) is 28.4. The number of hydrogen-bond acceptors (Lipinski definition) is 5. The largest absolute Gasteiger partial charge is 0.351 e. The Morgan fingerprint density at radius 3 is 2.61 bits per heavy atom. The predicted molar refractivity (Wildman–Crippen MR) is 148 cm³/mol. The molecule has 0 radical (unpaired) electrons. The molecule has 2 aliphatic rings. The Balaban J connectivity index is 1.60. The van der Waals surface area contributed by atoms with Crippen molar-refractivity contribution < 1.29 is 22.8 Å². The van der Waals surface area contributed by atoms with Crippen molar-refractivity contribution in [2.45, 2.75) is 56.2 Å². The summed E-state index contributed by atoms with van der Waals surface area (Å²) >= 11 is 6.54. The highest BCUT2D eigenvalue weighted by atomic mass is 35.5. The number of pyridine rings is 1. The molecule has 1 aromatic heterocycles. The fraction of sp³-hybridized carbons (Fsp3) is 0.333. The highest BCUT2D eigenvalue weighted by Crippen LogP contribution is 2.39. The van der Waals surface area contributed by atoms with E-state index in [2.05, 4.69) is 16.4 Å². The van der Waals surface area contributed by atoms with Crippen molar-refractivity contribution in [2.24, 2.45) is 0 Å². The zero-order valence-electron chi connectivity index (χ0n) is 21.9. The van der Waals surface area contributed by atoms with Crippen molar-refractivity contribution in [1.29, 1.82) is 5.26 Å². The smallest absolute Gasteiger partial charge is 0.252 e. The average Bonchev–Trinajstić information content (AvgIpc) is 2.95. The minimum absolute atomic E-state index is 0.110. The molecule has 2 atom stereocenters. The first-order chi connectivity index (χ1) is 19.7. The number of benzene rings is 2. The average molecular weight is 582 g/mol. The summed E-state index contributed by atoms with van der Waals surface area (Å²) in [6.45, 7) is 0.468. The van der Waals surface area contributed by atoms with E-state index in [1.165, 1.54) is 29.3 Å². The third-order valence-electron chi connectivity index (χ3n) is 7.42. The van der Waals surface area contributed by atoms with Crippen LogP contribution in [0.1, 0.15) is 49.3 Å². The van der Waals surface area contributed by atoms with E-state index < -0.39 is 54.5 Å². The van der Waals surface area contributed by atoms with E-state index in [0.717, 1.165) is 12.5 Å². The van der Waals surface area contributed by atoms with Crippen LogP contribution < -0.4 is 15.1 Å². The number of hydrogen-bond donors (Lipinski definition) is 1. The number of nitrogens with one attached hydrogen (secondary N) is 1. The Hall–Kier alpha value is -4.10. The van der Waals surface area contributed by atoms with Crippen molar-refractivity contribution in [3.05, 3.63) is 88.8 Å². The molecule has 7 nitrogen and oxygen atoms in total. The molecule has 1 saturated carbocycles. The summed E-state index contributed by atoms with van der Waals surface area (Å²) < 4.78 is 41.8. The molecule has 1 saturated heterocycles. The van der Waals surface area contributed by atoms with Crippen molar-refractivity contribution in [2.75, 3.05) is 16.3 Å². The zero-order chi connectivity index (χ0) is 29.1. The lowest BCUT2D eigenvalue weighted by atomic mass is 9.87. The van der Waals surface area contributed by atoms with Crippen molar-refractivity contribution in [3.63, 3.8) is 0 Å². The summed E-state index contributed by atoms with van der Waals surface area (Å²) in [5.74, 6) is -4.29. The van der Waals surface area contributed by atoms with Gasteiger partial charge in [0.05, 0.1) is 11.6 Å². The molecule has 1 N–H and O–H groups in total. The zero-order valence-corrected chi connectivity index (χ0v) is 22.7. The first-order valence-electron chi connectivity index (χ1n) is 13.3. The van der Waals surface area contributed by atoms with Gasteiger partial charge in [-0.15, -0.1) is 0 Å². The number of alkyl halides is 2. The van der Waals surface area contributed by atoms with Gasteiger partial charge in [-0.3, -0.25) is 14.5 Å². The van der Waals surface area contributed by atoms with Crippen LogP contribution in [0.4, 0.5) is 24.7 Å². The van der Waals surface area contributed by atoms with Gasteiger partial charge < -0.3 is 10.2 Å². The van der Waals surface area contributed by atoms with Crippen LogP contribution in [0.15, 0.2) is 66.9 Å². The van der Waals surface area contributed by atoms with Gasteiger partial charge in [0.15, 0.2) is 0 Å². The maximum Gasteiger partial charge on any atom is 0.252 e. The monoisotopic (exact) mass is 581 g/mol. The molecule has 2 fully saturated rings. The molecule has 2 aromatic carbocycles. The van der Waals surface area contributed by atoms with Crippen LogP contribution >= 0.6 is 11.6 Å². The van der Waals surface area contributed by atoms with Gasteiger partial charge in [0.1, 0.15) is 23.7 Å². The SMILES string of the molecule is N#Cc1ccnc(N2CCCC[C@H]2C(=O)N(c2cccc(F)c2)[C@H](C(=O)NC2CC(F)(F)C2)c2ccccc2Cl)c1. The maximum absolute atomic E-state index is 14.6. The number of nitriles is 1. The van der Waals surface area contributed by atoms with Gasteiger partial charge in [-0.25, -0.2) is 18.2 Å². The van der Waals surface area contributed by atoms with Crippen LogP contribution in [-0.4, -0.2) is 41.3 Å². The lowest BCUT2D eigenvalue weighted by molar-refractivity contribution is -0.133. The van der Waals surface area contributed by atoms with Crippen LogP contribution in [0.25, 0.3) is 0 Å². The van der Waals surface area contributed by atoms with Gasteiger partial charge in [0.2, 0.25) is 5.91 Å². The normalized spacial score (nSPS) is 19.0. The third kappa shape index (κ3) is 6.15. The molecule has 11 heteroatoms. The molecule has 2 amide bonds. The van der Waals surface area contributed by atoms with Crippen LogP contribution in [0, 0.1) is 17.1 Å². The fourth-order valence-corrected chi connectivity index (χ4v) is 5.67. The molecule has 2 heterocycles. The van der Waals surface area contributed by atoms with E-state index in [9.17, 15) is 28.0 Å². The second-order valence-electron chi connectivity index (χ2n) is 10.3. The van der Waals surface area contributed by atoms with Gasteiger partial charge in [0, 0.05) is 47.9 Å². The second kappa shape index (κ2) is 11.8. The lowest BCUT2D eigenvalue weighted by Crippen LogP contribution is -2.57. The van der Waals surface area contributed by atoms with E-state index in [1.807, 2.05) is 0 Å². The molecule has 0 unspecified atom stereocenters. The second-order valence-corrected chi connectivity index (χ2v) is 10.7. The fourth-order valence-electron chi connectivity index (χ4n) is 5.44. The number of rotatable bonds is 7. The maximum atomic E-state index is 14.6. The molecule has 3 aromatic rings. The number of anilines is 2. The quantitative estimate of drug-likeness (QED) is 0.381. The molecule has 0 bridgehead atoms. The number of halogens is 4. The summed E-state index contributed by atoms with van der Waals surface area (Å²) in [4.78, 5) is 35.8. The number of aromatic nitrogens is 1. The van der Waals surface area contributed by atoms with Crippen LogP contribution in [-0.2, 0) is 9.59 Å². The van der Waals surface area contributed by atoms with E-state index >= 15 is 0 Å². The number of carbonyl (C=O) groups excluding carboxylic acids is 2. The van der Waals surface area contributed by atoms with Gasteiger partial charge >= 0.3 is 0 Å². The molecule has 1 aliphatic heterocycles. The van der Waals surface area contributed by atoms with Gasteiger partial charge in [-0.05, 0) is 55.7 Å². The number of piperidine rings is 1. The highest BCUT2D eigenvalue weighted by Gasteiger charge is 2.48. The molecule has 212 valence electrons. The van der Waals surface area contributed by atoms with Crippen LogP contribution in [0.3, 0.4) is 0 Å². The topological polar surface area (TPSA) is 89.3 Å². The third-order valence-corrected chi connectivity index (χ3v) is 7.77. The Morgan fingerprint density at radius 2 is 1.90 bits per heavy atom. The standard InChI is InChI=1S/C30H27ClF3N5O2/c31-24-9-2-1-8-23(24)27(28(40)37-21-16-30(33,34)17-21)39(22-7-5-6-20(32)15-22)29(41)25-10-3-4-13-38(25)26-14-19(18-35)11-12-36-26/h1-2,5-9,11-12,14-15,21,25,27H,3-4,10,13,16-17H2,(H,37,40)/t25-,27-/m0/s1. The molecule has 0 spiro atoms. The summed E-state index contributed by atoms with van der Waals surface area (Å²) in [5, 5.41) is 12.2. The van der Waals surface area contributed by atoms with Gasteiger partial charge in [0.25, 0.3) is 11.8 Å². The van der Waals surface area contributed by atoms with Crippen molar-refractivity contribution in [1.82, 2.24) is 10.3 Å². The van der Waals surface area contributed by atoms with E-state index in [0.29, 0.717) is 30.8 Å². The Bertz CT molecular complexity index is 1490. The number of carbonyl (C=O) groups is 2. The molecular formula is C30H27ClF3N5O2. The van der Waals surface area contributed by atoms with Crippen molar-refractivity contribution >= 4 is 34.9 Å². The molecule has 5 rings (SSSR count). The van der Waals surface area contributed by atoms with Crippen LogP contribution in [0.2, 0.25) is 5.02 Å². The summed E-state index contributed by atoms with van der Waals surface area (Å²) in [5.41, 5.74) is 0.750. The summed E-state index contributed by atoms with van der Waals surface area (Å²) in [6.07, 6.45) is 2.35. The Labute approximate surface area is 240 Å². The minimum Gasteiger partial charge on any atom is -0.351 e. The minimum atomic E-state index is -2.87. The highest BCUT2D eigenvalue weighted by molar-refractivity contribution is 6.31. The molecule has 41 heavy (non-hydrogen) atoms. The van der Waals surface area contributed by atoms with E-state index in [4.69, 9.17) is 11.6 Å². The molecule has 1 aliphatic carbocycles. The Morgan fingerprint density at radius 1 is 1.12 bits per heavy atom. The summed E-state index contributed by atoms with van der Waals surface area (Å²) in [7, 11) is 0.